The predicted octanol–water partition coefficient (Wildman–Crippen LogP) is 3.42. The smallest absolute Gasteiger partial charge is 0.274 e. The first-order valence-electron chi connectivity index (χ1n) is 12.5. The number of anilines is 1. The monoisotopic (exact) mass is 485 g/mol. The van der Waals surface area contributed by atoms with E-state index >= 15 is 0 Å². The molecular formula is C28H31N5O3. The standard InChI is InChI=1S/C28H31N5O3/c1-19-8-6-9-20(16-19)27(35)33-15-13-24-23(18-33)25(30-31(24)2)28(36)32-14-7-10-21(17-32)26(34)29-22-11-4-3-5-12-22/h3-6,8-9,11-12,16,21H,7,10,13-15,17-18H2,1-2H3,(H,29,34)/t21-/m0/s1. The lowest BCUT2D eigenvalue weighted by atomic mass is 9.96. The highest BCUT2D eigenvalue weighted by molar-refractivity contribution is 5.97. The van der Waals surface area contributed by atoms with Crippen molar-refractivity contribution in [1.82, 2.24) is 19.6 Å². The van der Waals surface area contributed by atoms with Crippen molar-refractivity contribution in [3.63, 3.8) is 0 Å². The van der Waals surface area contributed by atoms with Gasteiger partial charge in [0.2, 0.25) is 5.91 Å². The van der Waals surface area contributed by atoms with E-state index in [-0.39, 0.29) is 23.6 Å². The van der Waals surface area contributed by atoms with Crippen LogP contribution in [0.1, 0.15) is 50.5 Å². The third-order valence-electron chi connectivity index (χ3n) is 7.12. The maximum absolute atomic E-state index is 13.6. The molecule has 1 fully saturated rings. The number of nitrogens with one attached hydrogen (secondary N) is 1. The largest absolute Gasteiger partial charge is 0.336 e. The minimum Gasteiger partial charge on any atom is -0.336 e. The van der Waals surface area contributed by atoms with Gasteiger partial charge in [-0.2, -0.15) is 5.10 Å². The first-order valence-corrected chi connectivity index (χ1v) is 12.5. The second kappa shape index (κ2) is 9.97. The van der Waals surface area contributed by atoms with Crippen molar-refractivity contribution in [3.8, 4) is 0 Å². The molecule has 1 N–H and O–H groups in total. The van der Waals surface area contributed by atoms with Crippen LogP contribution in [0, 0.1) is 12.8 Å². The topological polar surface area (TPSA) is 87.5 Å². The van der Waals surface area contributed by atoms with Crippen LogP contribution in [-0.2, 0) is 24.8 Å². The maximum Gasteiger partial charge on any atom is 0.274 e. The number of hydrogen-bond acceptors (Lipinski definition) is 4. The third kappa shape index (κ3) is 4.76. The van der Waals surface area contributed by atoms with Gasteiger partial charge < -0.3 is 15.1 Å². The number of rotatable bonds is 4. The molecule has 0 spiro atoms. The van der Waals surface area contributed by atoms with Crippen molar-refractivity contribution < 1.29 is 14.4 Å². The van der Waals surface area contributed by atoms with E-state index in [0.29, 0.717) is 43.9 Å². The van der Waals surface area contributed by atoms with E-state index in [9.17, 15) is 14.4 Å². The Bertz CT molecular complexity index is 1300. The van der Waals surface area contributed by atoms with Crippen LogP contribution < -0.4 is 5.32 Å². The van der Waals surface area contributed by atoms with Gasteiger partial charge in [-0.05, 0) is 44.0 Å². The van der Waals surface area contributed by atoms with Gasteiger partial charge in [0.25, 0.3) is 11.8 Å². The van der Waals surface area contributed by atoms with Crippen LogP contribution in [0.15, 0.2) is 54.6 Å². The molecule has 3 amide bonds. The normalized spacial score (nSPS) is 17.4. The number of fused-ring (bicyclic) bond motifs is 1. The van der Waals surface area contributed by atoms with E-state index in [0.717, 1.165) is 35.3 Å². The Morgan fingerprint density at radius 3 is 2.56 bits per heavy atom. The number of hydrogen-bond donors (Lipinski definition) is 1. The highest BCUT2D eigenvalue weighted by atomic mass is 16.2. The first kappa shape index (κ1) is 23.8. The zero-order valence-electron chi connectivity index (χ0n) is 20.7. The van der Waals surface area contributed by atoms with E-state index in [1.807, 2.05) is 68.6 Å². The highest BCUT2D eigenvalue weighted by Gasteiger charge is 2.34. The second-order valence-corrected chi connectivity index (χ2v) is 9.69. The van der Waals surface area contributed by atoms with Gasteiger partial charge in [-0.3, -0.25) is 19.1 Å². The van der Waals surface area contributed by atoms with Gasteiger partial charge in [-0.1, -0.05) is 35.9 Å². The molecule has 2 aliphatic heterocycles. The molecule has 8 nitrogen and oxygen atoms in total. The van der Waals surface area contributed by atoms with E-state index in [1.165, 1.54) is 0 Å². The molecule has 0 unspecified atom stereocenters. The molecule has 2 aliphatic rings. The average molecular weight is 486 g/mol. The zero-order valence-corrected chi connectivity index (χ0v) is 20.7. The molecule has 8 heteroatoms. The van der Waals surface area contributed by atoms with E-state index < -0.39 is 0 Å². The molecule has 3 aromatic rings. The van der Waals surface area contributed by atoms with Crippen molar-refractivity contribution in [1.29, 1.82) is 0 Å². The van der Waals surface area contributed by atoms with E-state index in [1.54, 1.807) is 14.5 Å². The molecular weight excluding hydrogens is 454 g/mol. The Balaban J connectivity index is 1.31. The molecule has 5 rings (SSSR count). The molecule has 0 radical (unpaired) electrons. The average Bonchev–Trinajstić information content (AvgIpc) is 3.24. The van der Waals surface area contributed by atoms with Crippen LogP contribution in [0.4, 0.5) is 5.69 Å². The van der Waals surface area contributed by atoms with Crippen LogP contribution in [0.25, 0.3) is 0 Å². The summed E-state index contributed by atoms with van der Waals surface area (Å²) < 4.78 is 1.76. The van der Waals surface area contributed by atoms with Crippen LogP contribution in [0.3, 0.4) is 0 Å². The quantitative estimate of drug-likeness (QED) is 0.614. The Kier molecular flexibility index (Phi) is 6.59. The summed E-state index contributed by atoms with van der Waals surface area (Å²) in [4.78, 5) is 43.2. The van der Waals surface area contributed by atoms with E-state index in [2.05, 4.69) is 10.4 Å². The summed E-state index contributed by atoms with van der Waals surface area (Å²) in [7, 11) is 1.85. The number of likely N-dealkylation sites (tertiary alicyclic amines) is 1. The summed E-state index contributed by atoms with van der Waals surface area (Å²) in [5.74, 6) is -0.561. The molecule has 2 aromatic carbocycles. The van der Waals surface area contributed by atoms with Crippen molar-refractivity contribution in [2.45, 2.75) is 32.7 Å². The number of nitrogens with zero attached hydrogens (tertiary/aromatic N) is 4. The fourth-order valence-electron chi connectivity index (χ4n) is 5.19. The Labute approximate surface area is 210 Å². The van der Waals surface area contributed by atoms with Gasteiger partial charge in [-0.25, -0.2) is 0 Å². The number of piperidine rings is 1. The molecule has 0 bridgehead atoms. The molecule has 1 atom stereocenters. The lowest BCUT2D eigenvalue weighted by molar-refractivity contribution is -0.121. The minimum absolute atomic E-state index is 0.0396. The fourth-order valence-corrected chi connectivity index (χ4v) is 5.19. The summed E-state index contributed by atoms with van der Waals surface area (Å²) in [6.45, 7) is 3.84. The lowest BCUT2D eigenvalue weighted by Crippen LogP contribution is -2.44. The highest BCUT2D eigenvalue weighted by Crippen LogP contribution is 2.27. The summed E-state index contributed by atoms with van der Waals surface area (Å²) in [6.07, 6.45) is 2.14. The summed E-state index contributed by atoms with van der Waals surface area (Å²) in [5.41, 5.74) is 4.62. The molecule has 1 saturated heterocycles. The number of benzene rings is 2. The number of para-hydroxylation sites is 1. The third-order valence-corrected chi connectivity index (χ3v) is 7.12. The summed E-state index contributed by atoms with van der Waals surface area (Å²) in [5, 5.41) is 7.53. The molecule has 0 saturated carbocycles. The number of aryl methyl sites for hydroxylation is 2. The van der Waals surface area contributed by atoms with Gasteiger partial charge in [0.15, 0.2) is 5.69 Å². The fraction of sp³-hybridized carbons (Fsp3) is 0.357. The van der Waals surface area contributed by atoms with Crippen LogP contribution >= 0.6 is 0 Å². The number of carbonyl (C=O) groups excluding carboxylic acids is 3. The van der Waals surface area contributed by atoms with Crippen LogP contribution in [-0.4, -0.2) is 56.9 Å². The van der Waals surface area contributed by atoms with Crippen molar-refractivity contribution in [2.75, 3.05) is 25.0 Å². The summed E-state index contributed by atoms with van der Waals surface area (Å²) in [6, 6.07) is 16.9. The molecule has 0 aliphatic carbocycles. The first-order chi connectivity index (χ1) is 17.4. The van der Waals surface area contributed by atoms with Crippen molar-refractivity contribution in [3.05, 3.63) is 82.7 Å². The molecule has 1 aromatic heterocycles. The SMILES string of the molecule is Cc1cccc(C(=O)N2CCc3c(c(C(=O)N4CCC[C@H](C(=O)Nc5ccccc5)C4)nn3C)C2)c1. The zero-order chi connectivity index (χ0) is 25.2. The molecule has 3 heterocycles. The molecule has 186 valence electrons. The Morgan fingerprint density at radius 1 is 0.972 bits per heavy atom. The lowest BCUT2D eigenvalue weighted by Gasteiger charge is -2.32. The van der Waals surface area contributed by atoms with Gasteiger partial charge in [0, 0.05) is 55.6 Å². The maximum atomic E-state index is 13.6. The molecule has 36 heavy (non-hydrogen) atoms. The number of amides is 3. The summed E-state index contributed by atoms with van der Waals surface area (Å²) >= 11 is 0. The Hall–Kier alpha value is -3.94. The second-order valence-electron chi connectivity index (χ2n) is 9.69. The minimum atomic E-state index is -0.276. The van der Waals surface area contributed by atoms with E-state index in [4.69, 9.17) is 0 Å². The number of aromatic nitrogens is 2. The van der Waals surface area contributed by atoms with Crippen molar-refractivity contribution in [2.24, 2.45) is 13.0 Å². The van der Waals surface area contributed by atoms with Crippen LogP contribution in [0.5, 0.6) is 0 Å². The van der Waals surface area contributed by atoms with Gasteiger partial charge in [-0.15, -0.1) is 0 Å². The van der Waals surface area contributed by atoms with Gasteiger partial charge in [0.05, 0.1) is 12.5 Å². The number of carbonyl (C=O) groups is 3. The predicted molar refractivity (Wildman–Crippen MR) is 137 cm³/mol. The van der Waals surface area contributed by atoms with Crippen LogP contribution in [0.2, 0.25) is 0 Å². The van der Waals surface area contributed by atoms with Gasteiger partial charge in [0.1, 0.15) is 0 Å². The Morgan fingerprint density at radius 2 is 1.78 bits per heavy atom. The van der Waals surface area contributed by atoms with Crippen molar-refractivity contribution >= 4 is 23.4 Å². The van der Waals surface area contributed by atoms with Gasteiger partial charge >= 0.3 is 0 Å².